The molecule has 2 unspecified atom stereocenters. The zero-order valence-electron chi connectivity index (χ0n) is 20.1. The number of aryl methyl sites for hydroxylation is 3. The molecule has 0 fully saturated rings. The van der Waals surface area contributed by atoms with Crippen LogP contribution in [0, 0.1) is 19.8 Å². The molecule has 0 aromatic heterocycles. The maximum Gasteiger partial charge on any atom is 0.126 e. The van der Waals surface area contributed by atoms with Crippen molar-refractivity contribution in [3.63, 3.8) is 0 Å². The van der Waals surface area contributed by atoms with Crippen LogP contribution in [-0.2, 0) is 17.6 Å². The van der Waals surface area contributed by atoms with Crippen molar-refractivity contribution in [3.8, 4) is 11.5 Å². The Hall–Kier alpha value is -3.31. The van der Waals surface area contributed by atoms with Crippen molar-refractivity contribution in [2.24, 2.45) is 11.7 Å². The van der Waals surface area contributed by atoms with E-state index in [1.54, 1.807) is 0 Å². The van der Waals surface area contributed by atoms with Crippen LogP contribution >= 0.6 is 0 Å². The zero-order chi connectivity index (χ0) is 23.9. The second kappa shape index (κ2) is 11.2. The number of rotatable bonds is 10. The number of nitrogens with two attached hydrogens (primary N) is 1. The smallest absolute Gasteiger partial charge is 0.126 e. The normalized spacial score (nSPS) is 14.7. The molecular formula is C29H34N2O3. The molecule has 1 aliphatic rings. The molecule has 2 N–H and O–H groups in total. The molecule has 3 aromatic carbocycles. The van der Waals surface area contributed by atoms with Gasteiger partial charge in [-0.25, -0.2) is 0 Å². The van der Waals surface area contributed by atoms with Crippen molar-refractivity contribution in [2.45, 2.75) is 39.3 Å². The summed E-state index contributed by atoms with van der Waals surface area (Å²) >= 11 is 0. The zero-order valence-corrected chi connectivity index (χ0v) is 20.1. The largest absolute Gasteiger partial charge is 0.490 e. The lowest BCUT2D eigenvalue weighted by Crippen LogP contribution is -2.50. The van der Waals surface area contributed by atoms with Crippen LogP contribution < -0.4 is 20.1 Å². The minimum atomic E-state index is -0.350. The number of para-hydroxylation sites is 1. The Balaban J connectivity index is 1.30. The predicted octanol–water partition coefficient (Wildman–Crippen LogP) is 4.86. The number of fused-ring (bicyclic) bond motifs is 1. The standard InChI is InChI=1S/C29H34N2O3/c1-21-9-10-22(2)28(18-21)34-17-16-33-26-13-11-23(12-14-26)19-25(20-32)29(30)31-15-5-7-24-6-3-4-8-27(24)31/h3-4,6,8-14,18,20,25,29H,5,7,15-17,19,30H2,1-2H3. The first kappa shape index (κ1) is 23.8. The number of aldehydes is 1. The Morgan fingerprint density at radius 3 is 2.56 bits per heavy atom. The van der Waals surface area contributed by atoms with Crippen LogP contribution in [0.25, 0.3) is 0 Å². The minimum absolute atomic E-state index is 0.288. The Morgan fingerprint density at radius 1 is 1.00 bits per heavy atom. The first-order valence-corrected chi connectivity index (χ1v) is 12.0. The summed E-state index contributed by atoms with van der Waals surface area (Å²) in [5.74, 6) is 1.39. The lowest BCUT2D eigenvalue weighted by molar-refractivity contribution is -0.111. The van der Waals surface area contributed by atoms with Gasteiger partial charge in [-0.05, 0) is 79.6 Å². The van der Waals surface area contributed by atoms with Crippen molar-refractivity contribution in [3.05, 3.63) is 89.0 Å². The summed E-state index contributed by atoms with van der Waals surface area (Å²) in [7, 11) is 0. The van der Waals surface area contributed by atoms with E-state index in [4.69, 9.17) is 15.2 Å². The molecule has 4 rings (SSSR count). The van der Waals surface area contributed by atoms with Gasteiger partial charge in [0.25, 0.3) is 0 Å². The van der Waals surface area contributed by atoms with Crippen LogP contribution in [0.2, 0.25) is 0 Å². The van der Waals surface area contributed by atoms with Crippen LogP contribution in [0.1, 0.15) is 28.7 Å². The Kier molecular flexibility index (Phi) is 7.86. The Labute approximate surface area is 202 Å². The van der Waals surface area contributed by atoms with Crippen molar-refractivity contribution < 1.29 is 14.3 Å². The lowest BCUT2D eigenvalue weighted by atomic mass is 9.94. The molecule has 1 heterocycles. The van der Waals surface area contributed by atoms with E-state index in [0.29, 0.717) is 19.6 Å². The van der Waals surface area contributed by atoms with Gasteiger partial charge in [0, 0.05) is 12.2 Å². The summed E-state index contributed by atoms with van der Waals surface area (Å²) in [5, 5.41) is 0. The van der Waals surface area contributed by atoms with Crippen LogP contribution in [-0.4, -0.2) is 32.2 Å². The highest BCUT2D eigenvalue weighted by Gasteiger charge is 2.27. The van der Waals surface area contributed by atoms with Gasteiger partial charge in [0.1, 0.15) is 31.0 Å². The molecule has 2 atom stereocenters. The van der Waals surface area contributed by atoms with E-state index >= 15 is 0 Å². The van der Waals surface area contributed by atoms with Crippen LogP contribution in [0.15, 0.2) is 66.7 Å². The van der Waals surface area contributed by atoms with Crippen LogP contribution in [0.3, 0.4) is 0 Å². The predicted molar refractivity (Wildman–Crippen MR) is 137 cm³/mol. The fourth-order valence-corrected chi connectivity index (χ4v) is 4.52. The second-order valence-corrected chi connectivity index (χ2v) is 9.03. The molecule has 5 heteroatoms. The monoisotopic (exact) mass is 458 g/mol. The average Bonchev–Trinajstić information content (AvgIpc) is 2.87. The van der Waals surface area contributed by atoms with E-state index in [9.17, 15) is 4.79 Å². The maximum atomic E-state index is 12.0. The summed E-state index contributed by atoms with van der Waals surface area (Å²) in [6, 6.07) is 22.4. The van der Waals surface area contributed by atoms with Crippen LogP contribution in [0.5, 0.6) is 11.5 Å². The molecule has 3 aromatic rings. The molecule has 0 amide bonds. The van der Waals surface area contributed by atoms with Gasteiger partial charge in [0.05, 0.1) is 12.1 Å². The highest BCUT2D eigenvalue weighted by Crippen LogP contribution is 2.29. The van der Waals surface area contributed by atoms with E-state index in [1.165, 1.54) is 11.1 Å². The van der Waals surface area contributed by atoms with E-state index in [1.807, 2.05) is 43.3 Å². The third kappa shape index (κ3) is 5.78. The van der Waals surface area contributed by atoms with Crippen molar-refractivity contribution in [1.29, 1.82) is 0 Å². The van der Waals surface area contributed by atoms with Gasteiger partial charge >= 0.3 is 0 Å². The van der Waals surface area contributed by atoms with Crippen LogP contribution in [0.4, 0.5) is 5.69 Å². The topological polar surface area (TPSA) is 64.8 Å². The van der Waals surface area contributed by atoms with Crippen molar-refractivity contribution in [1.82, 2.24) is 0 Å². The fourth-order valence-electron chi connectivity index (χ4n) is 4.52. The molecule has 0 aliphatic carbocycles. The quantitative estimate of drug-likeness (QED) is 0.347. The number of carbonyl (C=O) groups is 1. The van der Waals surface area contributed by atoms with E-state index in [-0.39, 0.29) is 12.1 Å². The molecule has 0 bridgehead atoms. The number of hydrogen-bond donors (Lipinski definition) is 1. The third-order valence-corrected chi connectivity index (χ3v) is 6.47. The molecule has 1 aliphatic heterocycles. The van der Waals surface area contributed by atoms with E-state index < -0.39 is 0 Å². The number of hydrogen-bond acceptors (Lipinski definition) is 5. The lowest BCUT2D eigenvalue weighted by Gasteiger charge is -2.38. The average molecular weight is 459 g/mol. The summed E-state index contributed by atoms with van der Waals surface area (Å²) in [4.78, 5) is 14.1. The number of benzene rings is 3. The molecular weight excluding hydrogens is 424 g/mol. The summed E-state index contributed by atoms with van der Waals surface area (Å²) < 4.78 is 11.7. The molecule has 34 heavy (non-hydrogen) atoms. The second-order valence-electron chi connectivity index (χ2n) is 9.03. The molecule has 5 nitrogen and oxygen atoms in total. The highest BCUT2D eigenvalue weighted by atomic mass is 16.5. The molecule has 0 spiro atoms. The fraction of sp³-hybridized carbons (Fsp3) is 0.345. The first-order chi connectivity index (χ1) is 16.5. The molecule has 0 saturated heterocycles. The number of nitrogens with zero attached hydrogens (tertiary/aromatic N) is 1. The highest BCUT2D eigenvalue weighted by molar-refractivity contribution is 5.61. The van der Waals surface area contributed by atoms with Gasteiger partial charge in [-0.1, -0.05) is 42.5 Å². The van der Waals surface area contributed by atoms with Gasteiger partial charge in [-0.3, -0.25) is 0 Å². The molecule has 0 saturated carbocycles. The first-order valence-electron chi connectivity index (χ1n) is 12.0. The third-order valence-electron chi connectivity index (χ3n) is 6.47. The van der Waals surface area contributed by atoms with Crippen molar-refractivity contribution >= 4 is 12.0 Å². The van der Waals surface area contributed by atoms with E-state index in [0.717, 1.165) is 54.0 Å². The Bertz CT molecular complexity index is 1100. The maximum absolute atomic E-state index is 12.0. The number of ether oxygens (including phenoxy) is 2. The van der Waals surface area contributed by atoms with Gasteiger partial charge in [-0.15, -0.1) is 0 Å². The Morgan fingerprint density at radius 2 is 1.76 bits per heavy atom. The summed E-state index contributed by atoms with van der Waals surface area (Å²) in [6.45, 7) is 5.91. The van der Waals surface area contributed by atoms with E-state index in [2.05, 4.69) is 42.2 Å². The summed E-state index contributed by atoms with van der Waals surface area (Å²) in [5.41, 5.74) is 12.4. The minimum Gasteiger partial charge on any atom is -0.490 e. The number of anilines is 1. The van der Waals surface area contributed by atoms with Gasteiger partial charge in [-0.2, -0.15) is 0 Å². The van der Waals surface area contributed by atoms with Gasteiger partial charge < -0.3 is 24.9 Å². The number of carbonyl (C=O) groups excluding carboxylic acids is 1. The SMILES string of the molecule is Cc1ccc(C)c(OCCOc2ccc(CC(C=O)C(N)N3CCCc4ccccc43)cc2)c1. The van der Waals surface area contributed by atoms with Crippen molar-refractivity contribution in [2.75, 3.05) is 24.7 Å². The molecule has 178 valence electrons. The van der Waals surface area contributed by atoms with Gasteiger partial charge in [0.2, 0.25) is 0 Å². The molecule has 0 radical (unpaired) electrons. The van der Waals surface area contributed by atoms with Gasteiger partial charge in [0.15, 0.2) is 0 Å². The summed E-state index contributed by atoms with van der Waals surface area (Å²) in [6.07, 6.45) is 3.35.